The summed E-state index contributed by atoms with van der Waals surface area (Å²) in [4.78, 5) is 9.16. The zero-order valence-electron chi connectivity index (χ0n) is 20.9. The number of ether oxygens (including phenoxy) is 1. The average Bonchev–Trinajstić information content (AvgIpc) is 2.81. The van der Waals surface area contributed by atoms with Crippen molar-refractivity contribution in [3.8, 4) is 16.9 Å². The Balaban J connectivity index is 1.39. The van der Waals surface area contributed by atoms with Crippen LogP contribution in [0.4, 0.5) is 0 Å². The second-order valence-electron chi connectivity index (χ2n) is 10.0. The summed E-state index contributed by atoms with van der Waals surface area (Å²) in [5, 5.41) is 10.4. The molecule has 0 spiro atoms. The van der Waals surface area contributed by atoms with Crippen LogP contribution in [0.25, 0.3) is 11.1 Å². The van der Waals surface area contributed by atoms with Crippen LogP contribution >= 0.6 is 0 Å². The lowest BCUT2D eigenvalue weighted by atomic mass is 9.94. The molecule has 0 saturated carbocycles. The molecule has 2 heterocycles. The SMILES string of the molecule is CC(C)Oc1cc(C(C)(C)O)ccc1-c1ccc(CN2CCN(Cc3ccncc3)CC2)cc1. The van der Waals surface area contributed by atoms with E-state index in [2.05, 4.69) is 57.2 Å². The van der Waals surface area contributed by atoms with Crippen molar-refractivity contribution in [2.45, 2.75) is 52.5 Å². The van der Waals surface area contributed by atoms with Gasteiger partial charge >= 0.3 is 0 Å². The van der Waals surface area contributed by atoms with Gasteiger partial charge < -0.3 is 9.84 Å². The Morgan fingerprint density at radius 3 is 1.94 bits per heavy atom. The van der Waals surface area contributed by atoms with E-state index in [-0.39, 0.29) is 6.10 Å². The molecule has 5 heteroatoms. The van der Waals surface area contributed by atoms with E-state index in [9.17, 15) is 5.11 Å². The molecule has 3 aromatic rings. The Morgan fingerprint density at radius 1 is 0.853 bits per heavy atom. The molecule has 0 unspecified atom stereocenters. The monoisotopic (exact) mass is 459 g/mol. The third-order valence-electron chi connectivity index (χ3n) is 6.34. The van der Waals surface area contributed by atoms with Crippen molar-refractivity contribution in [3.05, 3.63) is 83.7 Å². The van der Waals surface area contributed by atoms with Gasteiger partial charge in [-0.2, -0.15) is 0 Å². The standard InChI is InChI=1S/C29H37N3O2/c1-22(2)34-28-19-26(29(3,4)33)9-10-27(28)25-7-5-23(6-8-25)20-31-15-17-32(18-16-31)21-24-11-13-30-14-12-24/h5-14,19,22,33H,15-18,20-21H2,1-4H3. The number of hydrogen-bond acceptors (Lipinski definition) is 5. The number of hydrogen-bond donors (Lipinski definition) is 1. The minimum Gasteiger partial charge on any atom is -0.490 e. The number of piperazine rings is 1. The molecule has 180 valence electrons. The largest absolute Gasteiger partial charge is 0.490 e. The number of pyridine rings is 1. The predicted molar refractivity (Wildman–Crippen MR) is 138 cm³/mol. The second kappa shape index (κ2) is 10.7. The van der Waals surface area contributed by atoms with Crippen molar-refractivity contribution in [1.82, 2.24) is 14.8 Å². The molecular formula is C29H37N3O2. The number of benzene rings is 2. The summed E-state index contributed by atoms with van der Waals surface area (Å²) in [5.74, 6) is 0.813. The Kier molecular flexibility index (Phi) is 7.67. The van der Waals surface area contributed by atoms with Crippen molar-refractivity contribution in [2.75, 3.05) is 26.2 Å². The first kappa shape index (κ1) is 24.4. The Morgan fingerprint density at radius 2 is 1.41 bits per heavy atom. The smallest absolute Gasteiger partial charge is 0.127 e. The maximum Gasteiger partial charge on any atom is 0.127 e. The molecule has 0 atom stereocenters. The summed E-state index contributed by atoms with van der Waals surface area (Å²) >= 11 is 0. The van der Waals surface area contributed by atoms with Crippen molar-refractivity contribution in [2.24, 2.45) is 0 Å². The van der Waals surface area contributed by atoms with Crippen LogP contribution in [-0.2, 0) is 18.7 Å². The van der Waals surface area contributed by atoms with Crippen molar-refractivity contribution >= 4 is 0 Å². The third-order valence-corrected chi connectivity index (χ3v) is 6.34. The van der Waals surface area contributed by atoms with Crippen LogP contribution in [0.15, 0.2) is 67.0 Å². The molecule has 1 aliphatic rings. The zero-order chi connectivity index (χ0) is 24.1. The average molecular weight is 460 g/mol. The second-order valence-corrected chi connectivity index (χ2v) is 10.0. The van der Waals surface area contributed by atoms with Crippen LogP contribution < -0.4 is 4.74 Å². The van der Waals surface area contributed by atoms with Gasteiger partial charge in [0, 0.05) is 57.2 Å². The number of aromatic nitrogens is 1. The van der Waals surface area contributed by atoms with Crippen molar-refractivity contribution in [1.29, 1.82) is 0 Å². The molecule has 5 nitrogen and oxygen atoms in total. The quantitative estimate of drug-likeness (QED) is 0.509. The van der Waals surface area contributed by atoms with E-state index in [4.69, 9.17) is 4.74 Å². The fraction of sp³-hybridized carbons (Fsp3) is 0.414. The molecule has 1 aromatic heterocycles. The topological polar surface area (TPSA) is 48.8 Å². The summed E-state index contributed by atoms with van der Waals surface area (Å²) in [5.41, 5.74) is 4.79. The van der Waals surface area contributed by atoms with E-state index in [1.165, 1.54) is 11.1 Å². The minimum atomic E-state index is -0.903. The Hall–Kier alpha value is -2.73. The van der Waals surface area contributed by atoms with Crippen LogP contribution in [0, 0.1) is 0 Å². The maximum absolute atomic E-state index is 10.4. The summed E-state index contributed by atoms with van der Waals surface area (Å²) in [7, 11) is 0. The molecule has 0 aliphatic carbocycles. The third kappa shape index (κ3) is 6.44. The lowest BCUT2D eigenvalue weighted by molar-refractivity contribution is 0.0781. The van der Waals surface area contributed by atoms with Gasteiger partial charge in [0.05, 0.1) is 11.7 Å². The molecular weight excluding hydrogens is 422 g/mol. The van der Waals surface area contributed by atoms with Crippen LogP contribution in [0.5, 0.6) is 5.75 Å². The highest BCUT2D eigenvalue weighted by Gasteiger charge is 2.20. The summed E-state index contributed by atoms with van der Waals surface area (Å²) in [6.07, 6.45) is 3.80. The van der Waals surface area contributed by atoms with Gasteiger partial charge in [-0.15, -0.1) is 0 Å². The molecule has 1 fully saturated rings. The summed E-state index contributed by atoms with van der Waals surface area (Å²) in [6, 6.07) is 19.0. The molecule has 0 radical (unpaired) electrons. The Labute approximate surface area is 204 Å². The molecule has 0 bridgehead atoms. The van der Waals surface area contributed by atoms with Crippen molar-refractivity contribution < 1.29 is 9.84 Å². The molecule has 2 aromatic carbocycles. The number of nitrogens with zero attached hydrogens (tertiary/aromatic N) is 3. The van der Waals surface area contributed by atoms with Gasteiger partial charge in [0.1, 0.15) is 5.75 Å². The van der Waals surface area contributed by atoms with Gasteiger partial charge in [-0.05, 0) is 68.1 Å². The van der Waals surface area contributed by atoms with Crippen molar-refractivity contribution in [3.63, 3.8) is 0 Å². The predicted octanol–water partition coefficient (Wildman–Crippen LogP) is 5.08. The minimum absolute atomic E-state index is 0.0623. The molecule has 1 aliphatic heterocycles. The van der Waals surface area contributed by atoms with Crippen LogP contribution in [0.2, 0.25) is 0 Å². The first-order chi connectivity index (χ1) is 16.3. The van der Waals surface area contributed by atoms with Gasteiger partial charge in [-0.25, -0.2) is 0 Å². The van der Waals surface area contributed by atoms with Gasteiger partial charge in [0.15, 0.2) is 0 Å². The van der Waals surface area contributed by atoms with Gasteiger partial charge in [0.25, 0.3) is 0 Å². The first-order valence-electron chi connectivity index (χ1n) is 12.2. The van der Waals surface area contributed by atoms with Crippen LogP contribution in [0.3, 0.4) is 0 Å². The fourth-order valence-electron chi connectivity index (χ4n) is 4.39. The zero-order valence-corrected chi connectivity index (χ0v) is 20.9. The van der Waals surface area contributed by atoms with Crippen LogP contribution in [0.1, 0.15) is 44.4 Å². The number of aliphatic hydroxyl groups is 1. The fourth-order valence-corrected chi connectivity index (χ4v) is 4.39. The number of rotatable bonds is 8. The van der Waals surface area contributed by atoms with Gasteiger partial charge in [-0.1, -0.05) is 36.4 Å². The van der Waals surface area contributed by atoms with Gasteiger partial charge in [-0.3, -0.25) is 14.8 Å². The highest BCUT2D eigenvalue weighted by Crippen LogP contribution is 2.35. The van der Waals surface area contributed by atoms with E-state index in [1.54, 1.807) is 13.8 Å². The Bertz CT molecular complexity index is 1050. The molecule has 34 heavy (non-hydrogen) atoms. The first-order valence-corrected chi connectivity index (χ1v) is 12.2. The highest BCUT2D eigenvalue weighted by atomic mass is 16.5. The van der Waals surface area contributed by atoms with E-state index in [0.717, 1.165) is 61.7 Å². The summed E-state index contributed by atoms with van der Waals surface area (Å²) in [6.45, 7) is 14.0. The van der Waals surface area contributed by atoms with E-state index >= 15 is 0 Å². The highest BCUT2D eigenvalue weighted by molar-refractivity contribution is 5.71. The molecule has 4 rings (SSSR count). The van der Waals surface area contributed by atoms with E-state index in [0.29, 0.717) is 0 Å². The molecule has 1 saturated heterocycles. The van der Waals surface area contributed by atoms with Crippen LogP contribution in [-0.4, -0.2) is 52.2 Å². The van der Waals surface area contributed by atoms with E-state index < -0.39 is 5.60 Å². The normalized spacial score (nSPS) is 15.6. The molecule has 1 N–H and O–H groups in total. The lowest BCUT2D eigenvalue weighted by Crippen LogP contribution is -2.45. The molecule has 0 amide bonds. The van der Waals surface area contributed by atoms with E-state index in [1.807, 2.05) is 38.4 Å². The summed E-state index contributed by atoms with van der Waals surface area (Å²) < 4.78 is 6.11. The lowest BCUT2D eigenvalue weighted by Gasteiger charge is -2.34. The maximum atomic E-state index is 10.4. The van der Waals surface area contributed by atoms with Gasteiger partial charge in [0.2, 0.25) is 0 Å².